The molecular formula is C17H27ClN2OS. The number of benzene rings is 1. The molecule has 1 saturated carbocycles. The largest absolute Gasteiger partial charge is 0.352 e. The maximum Gasteiger partial charge on any atom is 0.230 e. The SMILES string of the molecule is Cc1ccc(C)c(SCC(=O)NC2CCCCC2CN)c1.Cl. The minimum Gasteiger partial charge on any atom is -0.352 e. The van der Waals surface area contributed by atoms with Crippen molar-refractivity contribution in [1.29, 1.82) is 0 Å². The van der Waals surface area contributed by atoms with E-state index in [1.54, 1.807) is 11.8 Å². The summed E-state index contributed by atoms with van der Waals surface area (Å²) in [5.41, 5.74) is 8.28. The van der Waals surface area contributed by atoms with Gasteiger partial charge in [-0.1, -0.05) is 30.5 Å². The second kappa shape index (κ2) is 9.43. The van der Waals surface area contributed by atoms with E-state index in [-0.39, 0.29) is 24.4 Å². The van der Waals surface area contributed by atoms with Crippen molar-refractivity contribution in [2.75, 3.05) is 12.3 Å². The number of carbonyl (C=O) groups is 1. The molecule has 1 aliphatic carbocycles. The fourth-order valence-corrected chi connectivity index (χ4v) is 3.87. The van der Waals surface area contributed by atoms with Crippen LogP contribution < -0.4 is 11.1 Å². The van der Waals surface area contributed by atoms with Gasteiger partial charge in [0.1, 0.15) is 0 Å². The summed E-state index contributed by atoms with van der Waals surface area (Å²) >= 11 is 1.62. The molecule has 3 N–H and O–H groups in total. The van der Waals surface area contributed by atoms with Gasteiger partial charge in [-0.15, -0.1) is 24.2 Å². The number of amides is 1. The van der Waals surface area contributed by atoms with Crippen LogP contribution in [0.15, 0.2) is 23.1 Å². The smallest absolute Gasteiger partial charge is 0.230 e. The fourth-order valence-electron chi connectivity index (χ4n) is 2.93. The summed E-state index contributed by atoms with van der Waals surface area (Å²) in [4.78, 5) is 13.4. The first kappa shape index (κ1) is 19.3. The van der Waals surface area contributed by atoms with Gasteiger partial charge in [0.15, 0.2) is 0 Å². The number of nitrogens with one attached hydrogen (secondary N) is 1. The Labute approximate surface area is 144 Å². The second-order valence-corrected chi connectivity index (χ2v) is 7.03. The highest BCUT2D eigenvalue weighted by molar-refractivity contribution is 8.00. The number of aryl methyl sites for hydroxylation is 2. The fraction of sp³-hybridized carbons (Fsp3) is 0.588. The molecule has 2 rings (SSSR count). The van der Waals surface area contributed by atoms with Crippen LogP contribution in [-0.2, 0) is 4.79 Å². The topological polar surface area (TPSA) is 55.1 Å². The number of carbonyl (C=O) groups excluding carboxylic acids is 1. The standard InChI is InChI=1S/C17H26N2OS.ClH/c1-12-7-8-13(2)16(9-12)21-11-17(20)19-15-6-4-3-5-14(15)10-18;/h7-9,14-15H,3-6,10-11,18H2,1-2H3,(H,19,20);1H. The van der Waals surface area contributed by atoms with Crippen LogP contribution in [-0.4, -0.2) is 24.2 Å². The van der Waals surface area contributed by atoms with Crippen LogP contribution in [0.4, 0.5) is 0 Å². The van der Waals surface area contributed by atoms with Crippen molar-refractivity contribution >= 4 is 30.1 Å². The number of nitrogens with two attached hydrogens (primary N) is 1. The van der Waals surface area contributed by atoms with Gasteiger partial charge in [0.25, 0.3) is 0 Å². The number of halogens is 1. The summed E-state index contributed by atoms with van der Waals surface area (Å²) in [6, 6.07) is 6.64. The third-order valence-corrected chi connectivity index (χ3v) is 5.42. The molecule has 1 amide bonds. The molecule has 3 nitrogen and oxygen atoms in total. The maximum atomic E-state index is 12.2. The van der Waals surface area contributed by atoms with E-state index in [9.17, 15) is 4.79 Å². The summed E-state index contributed by atoms with van der Waals surface area (Å²) in [6.45, 7) is 4.85. The van der Waals surface area contributed by atoms with E-state index >= 15 is 0 Å². The van der Waals surface area contributed by atoms with E-state index < -0.39 is 0 Å². The van der Waals surface area contributed by atoms with Gasteiger partial charge in [-0.25, -0.2) is 0 Å². The van der Waals surface area contributed by atoms with E-state index in [4.69, 9.17) is 5.73 Å². The third-order valence-electron chi connectivity index (χ3n) is 4.26. The van der Waals surface area contributed by atoms with Gasteiger partial charge >= 0.3 is 0 Å². The van der Waals surface area contributed by atoms with Crippen molar-refractivity contribution < 1.29 is 4.79 Å². The Kier molecular flexibility index (Phi) is 8.29. The Balaban J connectivity index is 0.00000242. The Morgan fingerprint density at radius 3 is 2.77 bits per heavy atom. The van der Waals surface area contributed by atoms with Gasteiger partial charge in [0, 0.05) is 10.9 Å². The van der Waals surface area contributed by atoms with Crippen molar-refractivity contribution in [1.82, 2.24) is 5.32 Å². The van der Waals surface area contributed by atoms with E-state index in [1.165, 1.54) is 28.9 Å². The van der Waals surface area contributed by atoms with Gasteiger partial charge in [-0.2, -0.15) is 0 Å². The maximum absolute atomic E-state index is 12.2. The molecule has 2 unspecified atom stereocenters. The third kappa shape index (κ3) is 5.49. The summed E-state index contributed by atoms with van der Waals surface area (Å²) in [5.74, 6) is 1.07. The number of rotatable bonds is 5. The Morgan fingerprint density at radius 2 is 2.05 bits per heavy atom. The molecule has 0 aromatic heterocycles. The van der Waals surface area contributed by atoms with Crippen molar-refractivity contribution in [3.05, 3.63) is 29.3 Å². The zero-order chi connectivity index (χ0) is 15.2. The molecule has 1 aromatic carbocycles. The Morgan fingerprint density at radius 1 is 1.32 bits per heavy atom. The molecule has 22 heavy (non-hydrogen) atoms. The van der Waals surface area contributed by atoms with Gasteiger partial charge in [0.05, 0.1) is 5.75 Å². The Bertz CT molecular complexity index is 496. The van der Waals surface area contributed by atoms with E-state index in [2.05, 4.69) is 37.4 Å². The predicted octanol–water partition coefficient (Wildman–Crippen LogP) is 3.45. The molecule has 1 aliphatic rings. The molecule has 1 fully saturated rings. The first-order valence-electron chi connectivity index (χ1n) is 7.79. The average molecular weight is 343 g/mol. The molecule has 0 aliphatic heterocycles. The minimum atomic E-state index is 0. The van der Waals surface area contributed by atoms with Gasteiger partial charge in [-0.3, -0.25) is 4.79 Å². The van der Waals surface area contributed by atoms with Crippen LogP contribution >= 0.6 is 24.2 Å². The molecule has 0 bridgehead atoms. The molecule has 1 aromatic rings. The second-order valence-electron chi connectivity index (χ2n) is 6.01. The van der Waals surface area contributed by atoms with E-state index in [0.717, 1.165) is 12.8 Å². The molecule has 2 atom stereocenters. The zero-order valence-corrected chi connectivity index (χ0v) is 15.1. The summed E-state index contributed by atoms with van der Waals surface area (Å²) in [6.07, 6.45) is 4.66. The number of hydrogen-bond acceptors (Lipinski definition) is 3. The van der Waals surface area contributed by atoms with Gasteiger partial charge in [0.2, 0.25) is 5.91 Å². The first-order valence-corrected chi connectivity index (χ1v) is 8.78. The van der Waals surface area contributed by atoms with Crippen molar-refractivity contribution in [3.8, 4) is 0 Å². The van der Waals surface area contributed by atoms with Crippen LogP contribution in [0.1, 0.15) is 36.8 Å². The van der Waals surface area contributed by atoms with Crippen LogP contribution in [0.25, 0.3) is 0 Å². The zero-order valence-electron chi connectivity index (χ0n) is 13.4. The predicted molar refractivity (Wildman–Crippen MR) is 96.8 cm³/mol. The van der Waals surface area contributed by atoms with E-state index in [0.29, 0.717) is 18.2 Å². The number of thioether (sulfide) groups is 1. The lowest BCUT2D eigenvalue weighted by Gasteiger charge is -2.31. The Hall–Kier alpha value is -0.710. The average Bonchev–Trinajstić information content (AvgIpc) is 2.49. The van der Waals surface area contributed by atoms with Crippen LogP contribution in [0.5, 0.6) is 0 Å². The highest BCUT2D eigenvalue weighted by Gasteiger charge is 2.25. The number of hydrogen-bond donors (Lipinski definition) is 2. The molecule has 0 radical (unpaired) electrons. The molecule has 0 heterocycles. The minimum absolute atomic E-state index is 0. The highest BCUT2D eigenvalue weighted by atomic mass is 35.5. The van der Waals surface area contributed by atoms with E-state index in [1.807, 2.05) is 0 Å². The molecule has 5 heteroatoms. The molecule has 0 spiro atoms. The lowest BCUT2D eigenvalue weighted by Crippen LogP contribution is -2.45. The van der Waals surface area contributed by atoms with Crippen LogP contribution in [0, 0.1) is 19.8 Å². The summed E-state index contributed by atoms with van der Waals surface area (Å²) in [5, 5.41) is 3.18. The van der Waals surface area contributed by atoms with Crippen LogP contribution in [0.2, 0.25) is 0 Å². The normalized spacial score (nSPS) is 21.0. The van der Waals surface area contributed by atoms with Crippen molar-refractivity contribution in [2.45, 2.75) is 50.5 Å². The quantitative estimate of drug-likeness (QED) is 0.806. The lowest BCUT2D eigenvalue weighted by atomic mass is 9.84. The monoisotopic (exact) mass is 342 g/mol. The first-order chi connectivity index (χ1) is 10.1. The van der Waals surface area contributed by atoms with Crippen molar-refractivity contribution in [3.63, 3.8) is 0 Å². The summed E-state index contributed by atoms with van der Waals surface area (Å²) in [7, 11) is 0. The van der Waals surface area contributed by atoms with Gasteiger partial charge in [-0.05, 0) is 50.8 Å². The molecular weight excluding hydrogens is 316 g/mol. The highest BCUT2D eigenvalue weighted by Crippen LogP contribution is 2.25. The summed E-state index contributed by atoms with van der Waals surface area (Å²) < 4.78 is 0. The van der Waals surface area contributed by atoms with Gasteiger partial charge < -0.3 is 11.1 Å². The molecule has 0 saturated heterocycles. The van der Waals surface area contributed by atoms with Crippen LogP contribution in [0.3, 0.4) is 0 Å². The lowest BCUT2D eigenvalue weighted by molar-refractivity contribution is -0.119. The van der Waals surface area contributed by atoms with Crippen molar-refractivity contribution in [2.24, 2.45) is 11.7 Å². The molecule has 124 valence electrons.